The monoisotopic (exact) mass is 185 g/mol. The summed E-state index contributed by atoms with van der Waals surface area (Å²) in [4.78, 5) is 12.8. The Balaban J connectivity index is 2.32. The minimum absolute atomic E-state index is 0.228. The Kier molecular flexibility index (Phi) is 3.76. The van der Waals surface area contributed by atoms with E-state index in [2.05, 4.69) is 6.58 Å². The number of carbonyl (C=O) groups excluding carboxylic acids is 1. The number of likely N-dealkylation sites (tertiary alicyclic amines) is 1. The number of β-amino-alcohol motifs (C(OH)–C–C–N with tert-alkyl or cyclic N) is 1. The van der Waals surface area contributed by atoms with Crippen molar-refractivity contribution in [2.45, 2.75) is 18.9 Å². The summed E-state index contributed by atoms with van der Waals surface area (Å²) in [6, 6.07) is 0. The Morgan fingerprint density at radius 1 is 1.77 bits per heavy atom. The highest BCUT2D eigenvalue weighted by Gasteiger charge is 2.22. The Morgan fingerprint density at radius 2 is 2.54 bits per heavy atom. The predicted octanol–water partition coefficient (Wildman–Crippen LogP) is 0.766. The van der Waals surface area contributed by atoms with Crippen molar-refractivity contribution in [1.29, 1.82) is 0 Å². The highest BCUT2D eigenvalue weighted by atomic mass is 16.6. The standard InChI is InChI=1S/C9H15NO3/c1-2-6-13-9(12)10-5-3-4-8(11)7-10/h2,8,11H,1,3-7H2. The molecule has 1 N–H and O–H groups in total. The quantitative estimate of drug-likeness (QED) is 0.646. The molecule has 1 fully saturated rings. The lowest BCUT2D eigenvalue weighted by Gasteiger charge is -2.28. The molecule has 1 amide bonds. The number of aliphatic hydroxyl groups is 1. The summed E-state index contributed by atoms with van der Waals surface area (Å²) in [6.45, 7) is 4.73. The van der Waals surface area contributed by atoms with Crippen LogP contribution >= 0.6 is 0 Å². The third kappa shape index (κ3) is 3.06. The van der Waals surface area contributed by atoms with Crippen molar-refractivity contribution in [3.05, 3.63) is 12.7 Å². The van der Waals surface area contributed by atoms with Gasteiger partial charge < -0.3 is 14.7 Å². The molecule has 0 spiro atoms. The first kappa shape index (κ1) is 10.1. The van der Waals surface area contributed by atoms with Gasteiger partial charge in [0, 0.05) is 13.1 Å². The van der Waals surface area contributed by atoms with E-state index in [4.69, 9.17) is 4.74 Å². The molecule has 4 nitrogen and oxygen atoms in total. The van der Waals surface area contributed by atoms with Crippen LogP contribution in [0.3, 0.4) is 0 Å². The highest BCUT2D eigenvalue weighted by Crippen LogP contribution is 2.10. The largest absolute Gasteiger partial charge is 0.445 e. The summed E-state index contributed by atoms with van der Waals surface area (Å²) in [6.07, 6.45) is 2.37. The molecule has 0 bridgehead atoms. The van der Waals surface area contributed by atoms with Crippen molar-refractivity contribution < 1.29 is 14.6 Å². The van der Waals surface area contributed by atoms with Crippen LogP contribution in [0.1, 0.15) is 12.8 Å². The molecule has 0 aromatic rings. The second-order valence-corrected chi connectivity index (χ2v) is 3.11. The molecule has 13 heavy (non-hydrogen) atoms. The molecule has 4 heteroatoms. The van der Waals surface area contributed by atoms with Crippen molar-refractivity contribution in [3.8, 4) is 0 Å². The minimum atomic E-state index is -0.398. The van der Waals surface area contributed by atoms with Crippen molar-refractivity contribution in [2.75, 3.05) is 19.7 Å². The first-order chi connectivity index (χ1) is 6.24. The molecule has 1 rings (SSSR count). The molecule has 1 atom stereocenters. The van der Waals surface area contributed by atoms with E-state index >= 15 is 0 Å². The van der Waals surface area contributed by atoms with E-state index in [0.717, 1.165) is 12.8 Å². The van der Waals surface area contributed by atoms with Crippen molar-refractivity contribution in [3.63, 3.8) is 0 Å². The van der Waals surface area contributed by atoms with Crippen molar-refractivity contribution in [2.24, 2.45) is 0 Å². The number of aliphatic hydroxyl groups excluding tert-OH is 1. The zero-order chi connectivity index (χ0) is 9.68. The number of rotatable bonds is 2. The predicted molar refractivity (Wildman–Crippen MR) is 48.4 cm³/mol. The molecule has 1 saturated heterocycles. The van der Waals surface area contributed by atoms with Crippen LogP contribution in [-0.4, -0.2) is 41.9 Å². The van der Waals surface area contributed by atoms with Crippen molar-refractivity contribution in [1.82, 2.24) is 4.90 Å². The zero-order valence-corrected chi connectivity index (χ0v) is 7.61. The second kappa shape index (κ2) is 4.87. The average Bonchev–Trinajstić information content (AvgIpc) is 2.14. The number of nitrogens with zero attached hydrogens (tertiary/aromatic N) is 1. The molecule has 1 unspecified atom stereocenters. The zero-order valence-electron chi connectivity index (χ0n) is 7.61. The Labute approximate surface area is 77.8 Å². The molecule has 1 aliphatic heterocycles. The molecule has 0 aromatic carbocycles. The Bertz CT molecular complexity index is 193. The van der Waals surface area contributed by atoms with Gasteiger partial charge in [0.15, 0.2) is 0 Å². The summed E-state index contributed by atoms with van der Waals surface area (Å²) in [5, 5.41) is 9.28. The summed E-state index contributed by atoms with van der Waals surface area (Å²) in [7, 11) is 0. The van der Waals surface area contributed by atoms with Crippen LogP contribution in [0.15, 0.2) is 12.7 Å². The van der Waals surface area contributed by atoms with Crippen LogP contribution in [0.25, 0.3) is 0 Å². The maximum absolute atomic E-state index is 11.2. The van der Waals surface area contributed by atoms with E-state index in [-0.39, 0.29) is 12.7 Å². The van der Waals surface area contributed by atoms with Crippen LogP contribution in [0.4, 0.5) is 4.79 Å². The summed E-state index contributed by atoms with van der Waals surface area (Å²) >= 11 is 0. The molecule has 0 saturated carbocycles. The van der Waals surface area contributed by atoms with Crippen LogP contribution < -0.4 is 0 Å². The first-order valence-electron chi connectivity index (χ1n) is 4.44. The smallest absolute Gasteiger partial charge is 0.410 e. The van der Waals surface area contributed by atoms with E-state index in [9.17, 15) is 9.90 Å². The molecule has 0 aliphatic carbocycles. The van der Waals surface area contributed by atoms with E-state index in [1.807, 2.05) is 0 Å². The molecular formula is C9H15NO3. The molecule has 0 aromatic heterocycles. The van der Waals surface area contributed by atoms with E-state index in [1.54, 1.807) is 0 Å². The van der Waals surface area contributed by atoms with Gasteiger partial charge in [0.25, 0.3) is 0 Å². The summed E-state index contributed by atoms with van der Waals surface area (Å²) < 4.78 is 4.84. The van der Waals surface area contributed by atoms with Gasteiger partial charge in [0.2, 0.25) is 0 Å². The summed E-state index contributed by atoms with van der Waals surface area (Å²) in [5.74, 6) is 0. The molecule has 1 heterocycles. The number of carbonyl (C=O) groups is 1. The number of piperidine rings is 1. The Morgan fingerprint density at radius 3 is 3.15 bits per heavy atom. The van der Waals surface area contributed by atoms with Gasteiger partial charge in [0.1, 0.15) is 6.61 Å². The van der Waals surface area contributed by atoms with Gasteiger partial charge >= 0.3 is 6.09 Å². The minimum Gasteiger partial charge on any atom is -0.445 e. The van der Waals surface area contributed by atoms with Crippen LogP contribution in [0, 0.1) is 0 Å². The third-order valence-electron chi connectivity index (χ3n) is 1.98. The first-order valence-corrected chi connectivity index (χ1v) is 4.44. The third-order valence-corrected chi connectivity index (χ3v) is 1.98. The maximum atomic E-state index is 11.2. The second-order valence-electron chi connectivity index (χ2n) is 3.11. The highest BCUT2D eigenvalue weighted by molar-refractivity contribution is 5.67. The van der Waals surface area contributed by atoms with Crippen LogP contribution in [0.2, 0.25) is 0 Å². The average molecular weight is 185 g/mol. The lowest BCUT2D eigenvalue weighted by Crippen LogP contribution is -2.42. The Hall–Kier alpha value is -1.03. The molecule has 1 aliphatic rings. The SMILES string of the molecule is C=CCOC(=O)N1CCCC(O)C1. The van der Waals surface area contributed by atoms with Gasteiger partial charge in [-0.3, -0.25) is 0 Å². The topological polar surface area (TPSA) is 49.8 Å². The fourth-order valence-corrected chi connectivity index (χ4v) is 1.34. The normalized spacial score (nSPS) is 22.5. The fourth-order valence-electron chi connectivity index (χ4n) is 1.34. The fraction of sp³-hybridized carbons (Fsp3) is 0.667. The van der Waals surface area contributed by atoms with Crippen molar-refractivity contribution >= 4 is 6.09 Å². The summed E-state index contributed by atoms with van der Waals surface area (Å²) in [5.41, 5.74) is 0. The van der Waals surface area contributed by atoms with Gasteiger partial charge in [-0.1, -0.05) is 12.7 Å². The van der Waals surface area contributed by atoms with Crippen LogP contribution in [-0.2, 0) is 4.74 Å². The number of ether oxygens (including phenoxy) is 1. The van der Waals surface area contributed by atoms with E-state index < -0.39 is 6.10 Å². The maximum Gasteiger partial charge on any atom is 0.410 e. The van der Waals surface area contributed by atoms with E-state index in [1.165, 1.54) is 11.0 Å². The van der Waals surface area contributed by atoms with Gasteiger partial charge in [-0.15, -0.1) is 0 Å². The molecule has 0 radical (unpaired) electrons. The lowest BCUT2D eigenvalue weighted by molar-refractivity contribution is 0.0533. The number of hydrogen-bond donors (Lipinski definition) is 1. The van der Waals surface area contributed by atoms with Gasteiger partial charge in [-0.25, -0.2) is 4.79 Å². The molecule has 74 valence electrons. The van der Waals surface area contributed by atoms with Gasteiger partial charge in [0.05, 0.1) is 6.10 Å². The van der Waals surface area contributed by atoms with Crippen LogP contribution in [0.5, 0.6) is 0 Å². The van der Waals surface area contributed by atoms with Gasteiger partial charge in [-0.2, -0.15) is 0 Å². The lowest BCUT2D eigenvalue weighted by atomic mass is 10.1. The number of amides is 1. The molecular weight excluding hydrogens is 170 g/mol. The van der Waals surface area contributed by atoms with Gasteiger partial charge in [-0.05, 0) is 12.8 Å². The van der Waals surface area contributed by atoms with E-state index in [0.29, 0.717) is 13.1 Å². The number of hydrogen-bond acceptors (Lipinski definition) is 3.